The summed E-state index contributed by atoms with van der Waals surface area (Å²) < 4.78 is 0. The third-order valence-corrected chi connectivity index (χ3v) is 4.41. The van der Waals surface area contributed by atoms with E-state index in [1.54, 1.807) is 23.3 Å². The first-order valence-electron chi connectivity index (χ1n) is 6.45. The zero-order valence-electron chi connectivity index (χ0n) is 11.2. The van der Waals surface area contributed by atoms with Crippen molar-refractivity contribution in [1.29, 1.82) is 0 Å². The molecule has 2 atom stereocenters. The molecule has 6 heteroatoms. The van der Waals surface area contributed by atoms with E-state index in [1.807, 2.05) is 0 Å². The highest BCUT2D eigenvalue weighted by Crippen LogP contribution is 2.25. The topological polar surface area (TPSA) is 77.8 Å². The lowest BCUT2D eigenvalue weighted by molar-refractivity contribution is -0.131. The standard InChI is InChI=1S/C14H17NO4S/c1-9(16)11-4-6-15(8-11)14(19)13-10(5-7-20-13)2-3-12(17)18/h2-3,5,7,9,11,16H,4,6,8H2,1H3,(H,17,18)/b3-2+. The number of aliphatic carboxylic acids is 1. The van der Waals surface area contributed by atoms with Crippen LogP contribution in [0.25, 0.3) is 6.08 Å². The molecular weight excluding hydrogens is 278 g/mol. The third-order valence-electron chi connectivity index (χ3n) is 3.49. The van der Waals surface area contributed by atoms with Crippen molar-refractivity contribution in [3.63, 3.8) is 0 Å². The fourth-order valence-corrected chi connectivity index (χ4v) is 3.15. The lowest BCUT2D eigenvalue weighted by atomic mass is 10.0. The maximum Gasteiger partial charge on any atom is 0.328 e. The van der Waals surface area contributed by atoms with Gasteiger partial charge in [0.1, 0.15) is 0 Å². The second-order valence-electron chi connectivity index (χ2n) is 4.92. The Hall–Kier alpha value is -1.66. The van der Waals surface area contributed by atoms with Crippen LogP contribution in [-0.4, -0.2) is 46.2 Å². The van der Waals surface area contributed by atoms with Crippen LogP contribution < -0.4 is 0 Å². The molecule has 0 radical (unpaired) electrons. The van der Waals surface area contributed by atoms with Crippen molar-refractivity contribution >= 4 is 29.3 Å². The van der Waals surface area contributed by atoms with Crippen molar-refractivity contribution in [3.05, 3.63) is 28.0 Å². The van der Waals surface area contributed by atoms with Crippen LogP contribution in [0.1, 0.15) is 28.6 Å². The summed E-state index contributed by atoms with van der Waals surface area (Å²) in [6, 6.07) is 1.74. The van der Waals surface area contributed by atoms with Gasteiger partial charge in [0.05, 0.1) is 11.0 Å². The van der Waals surface area contributed by atoms with Crippen molar-refractivity contribution in [2.75, 3.05) is 13.1 Å². The molecule has 1 aliphatic rings. The molecule has 1 aromatic rings. The molecule has 1 amide bonds. The molecule has 0 saturated carbocycles. The van der Waals surface area contributed by atoms with E-state index in [0.717, 1.165) is 12.5 Å². The molecule has 0 spiro atoms. The molecule has 0 aliphatic carbocycles. The second-order valence-corrected chi connectivity index (χ2v) is 5.83. The fourth-order valence-electron chi connectivity index (χ4n) is 2.29. The minimum absolute atomic E-state index is 0.0896. The SMILES string of the molecule is CC(O)C1CCN(C(=O)c2sccc2/C=C/C(=O)O)C1. The van der Waals surface area contributed by atoms with Gasteiger partial charge < -0.3 is 15.1 Å². The van der Waals surface area contributed by atoms with Crippen LogP contribution >= 0.6 is 11.3 Å². The first-order valence-corrected chi connectivity index (χ1v) is 7.33. The van der Waals surface area contributed by atoms with Crippen LogP contribution in [0.15, 0.2) is 17.5 Å². The Kier molecular flexibility index (Phi) is 4.57. The van der Waals surface area contributed by atoms with Crippen molar-refractivity contribution < 1.29 is 19.8 Å². The van der Waals surface area contributed by atoms with Crippen LogP contribution in [0.2, 0.25) is 0 Å². The summed E-state index contributed by atoms with van der Waals surface area (Å²) in [5.41, 5.74) is 0.628. The normalized spacial score (nSPS) is 20.5. The maximum absolute atomic E-state index is 12.4. The molecule has 1 saturated heterocycles. The van der Waals surface area contributed by atoms with Crippen LogP contribution in [-0.2, 0) is 4.79 Å². The molecule has 0 aromatic carbocycles. The lowest BCUT2D eigenvalue weighted by Crippen LogP contribution is -2.30. The number of nitrogens with zero attached hydrogens (tertiary/aromatic N) is 1. The summed E-state index contributed by atoms with van der Waals surface area (Å²) in [5, 5.41) is 20.0. The smallest absolute Gasteiger partial charge is 0.328 e. The van der Waals surface area contributed by atoms with E-state index in [1.165, 1.54) is 17.4 Å². The summed E-state index contributed by atoms with van der Waals surface area (Å²) in [7, 11) is 0. The number of amides is 1. The Morgan fingerprint density at radius 3 is 2.90 bits per heavy atom. The highest BCUT2D eigenvalue weighted by molar-refractivity contribution is 7.12. The molecule has 0 bridgehead atoms. The van der Waals surface area contributed by atoms with E-state index in [4.69, 9.17) is 5.11 Å². The molecule has 1 fully saturated rings. The van der Waals surface area contributed by atoms with Gasteiger partial charge in [-0.3, -0.25) is 4.79 Å². The highest BCUT2D eigenvalue weighted by Gasteiger charge is 2.30. The zero-order valence-corrected chi connectivity index (χ0v) is 12.0. The summed E-state index contributed by atoms with van der Waals surface area (Å²) in [6.45, 7) is 2.93. The van der Waals surface area contributed by atoms with Gasteiger partial charge in [-0.2, -0.15) is 0 Å². The van der Waals surface area contributed by atoms with Crippen molar-refractivity contribution in [2.24, 2.45) is 5.92 Å². The van der Waals surface area contributed by atoms with Gasteiger partial charge in [-0.15, -0.1) is 11.3 Å². The van der Waals surface area contributed by atoms with E-state index >= 15 is 0 Å². The van der Waals surface area contributed by atoms with Gasteiger partial charge in [-0.1, -0.05) is 0 Å². The Bertz CT molecular complexity index is 535. The molecule has 1 aliphatic heterocycles. The average molecular weight is 295 g/mol. The van der Waals surface area contributed by atoms with Gasteiger partial charge in [0, 0.05) is 25.1 Å². The van der Waals surface area contributed by atoms with Crippen LogP contribution in [0.4, 0.5) is 0 Å². The predicted octanol–water partition coefficient (Wildman–Crippen LogP) is 1.69. The van der Waals surface area contributed by atoms with E-state index in [-0.39, 0.29) is 11.8 Å². The monoisotopic (exact) mass is 295 g/mol. The number of carbonyl (C=O) groups is 2. The number of carboxylic acids is 1. The minimum atomic E-state index is -1.04. The predicted molar refractivity (Wildman–Crippen MR) is 76.7 cm³/mol. The molecule has 108 valence electrons. The maximum atomic E-state index is 12.4. The van der Waals surface area contributed by atoms with Gasteiger partial charge in [0.2, 0.25) is 0 Å². The quantitative estimate of drug-likeness (QED) is 0.829. The molecule has 2 N–H and O–H groups in total. The van der Waals surface area contributed by atoms with Crippen molar-refractivity contribution in [1.82, 2.24) is 4.90 Å². The molecule has 5 nitrogen and oxygen atoms in total. The first kappa shape index (κ1) is 14.7. The van der Waals surface area contributed by atoms with E-state index in [2.05, 4.69) is 0 Å². The summed E-state index contributed by atoms with van der Waals surface area (Å²) in [5.74, 6) is -1.00. The Balaban J connectivity index is 2.11. The van der Waals surface area contributed by atoms with Crippen LogP contribution in [0.5, 0.6) is 0 Å². The molecule has 2 heterocycles. The average Bonchev–Trinajstić information content (AvgIpc) is 3.04. The number of rotatable bonds is 4. The zero-order chi connectivity index (χ0) is 14.7. The second kappa shape index (κ2) is 6.19. The van der Waals surface area contributed by atoms with Gasteiger partial charge in [-0.05, 0) is 36.4 Å². The Morgan fingerprint density at radius 1 is 1.55 bits per heavy atom. The number of aliphatic hydroxyl groups excluding tert-OH is 1. The van der Waals surface area contributed by atoms with E-state index < -0.39 is 12.1 Å². The number of carboxylic acid groups (broad SMARTS) is 1. The third kappa shape index (κ3) is 3.26. The molecule has 1 aromatic heterocycles. The number of aliphatic hydroxyl groups is 1. The highest BCUT2D eigenvalue weighted by atomic mass is 32.1. The van der Waals surface area contributed by atoms with Crippen LogP contribution in [0.3, 0.4) is 0 Å². The Labute approximate surface area is 121 Å². The molecule has 2 unspecified atom stereocenters. The summed E-state index contributed by atoms with van der Waals surface area (Å²) in [4.78, 5) is 25.2. The molecule has 20 heavy (non-hydrogen) atoms. The van der Waals surface area contributed by atoms with Crippen molar-refractivity contribution in [3.8, 4) is 0 Å². The summed E-state index contributed by atoms with van der Waals surface area (Å²) >= 11 is 1.31. The Morgan fingerprint density at radius 2 is 2.30 bits per heavy atom. The van der Waals surface area contributed by atoms with E-state index in [9.17, 15) is 14.7 Å². The lowest BCUT2D eigenvalue weighted by Gasteiger charge is -2.17. The van der Waals surface area contributed by atoms with Gasteiger partial charge >= 0.3 is 5.97 Å². The van der Waals surface area contributed by atoms with Crippen LogP contribution in [0, 0.1) is 5.92 Å². The van der Waals surface area contributed by atoms with E-state index in [0.29, 0.717) is 23.5 Å². The minimum Gasteiger partial charge on any atom is -0.478 e. The fraction of sp³-hybridized carbons (Fsp3) is 0.429. The molecule has 2 rings (SSSR count). The summed E-state index contributed by atoms with van der Waals surface area (Å²) in [6.07, 6.45) is 2.85. The number of hydrogen-bond donors (Lipinski definition) is 2. The largest absolute Gasteiger partial charge is 0.478 e. The number of carbonyl (C=O) groups excluding carboxylic acids is 1. The van der Waals surface area contributed by atoms with Gasteiger partial charge in [0.25, 0.3) is 5.91 Å². The van der Waals surface area contributed by atoms with Gasteiger partial charge in [-0.25, -0.2) is 4.79 Å². The first-order chi connectivity index (χ1) is 9.49. The number of hydrogen-bond acceptors (Lipinski definition) is 4. The number of likely N-dealkylation sites (tertiary alicyclic amines) is 1. The molecular formula is C14H17NO4S. The number of thiophene rings is 1. The van der Waals surface area contributed by atoms with Crippen molar-refractivity contribution in [2.45, 2.75) is 19.4 Å². The van der Waals surface area contributed by atoms with Gasteiger partial charge in [0.15, 0.2) is 0 Å².